The Hall–Kier alpha value is -1.48. The van der Waals surface area contributed by atoms with Gasteiger partial charge in [0, 0.05) is 23.7 Å². The first-order valence-electron chi connectivity index (χ1n) is 6.09. The summed E-state index contributed by atoms with van der Waals surface area (Å²) in [4.78, 5) is 13.0. The summed E-state index contributed by atoms with van der Waals surface area (Å²) in [5.74, 6) is 1.02. The lowest BCUT2D eigenvalue weighted by Gasteiger charge is -2.10. The highest BCUT2D eigenvalue weighted by Gasteiger charge is 2.11. The Morgan fingerprint density at radius 1 is 1.28 bits per heavy atom. The molecule has 0 aliphatic heterocycles. The fraction of sp³-hybridized carbons (Fsp3) is 0.357. The molecule has 2 aromatic rings. The minimum atomic E-state index is 0.330. The van der Waals surface area contributed by atoms with E-state index in [9.17, 15) is 0 Å². The highest BCUT2D eigenvalue weighted by molar-refractivity contribution is 6.29. The summed E-state index contributed by atoms with van der Waals surface area (Å²) >= 11 is 6.07. The molecule has 2 heterocycles. The fourth-order valence-corrected chi connectivity index (χ4v) is 1.97. The normalized spacial score (nSPS) is 10.9. The number of halogens is 1. The van der Waals surface area contributed by atoms with Gasteiger partial charge in [0.2, 0.25) is 0 Å². The second-order valence-corrected chi connectivity index (χ2v) is 4.87. The second kappa shape index (κ2) is 5.44. The average molecular weight is 262 g/mol. The zero-order chi connectivity index (χ0) is 13.1. The summed E-state index contributed by atoms with van der Waals surface area (Å²) in [5.41, 5.74) is 3.11. The Morgan fingerprint density at radius 2 is 2.06 bits per heavy atom. The van der Waals surface area contributed by atoms with Crippen molar-refractivity contribution in [2.75, 3.05) is 0 Å². The number of nitrogens with zero attached hydrogens (tertiary/aromatic N) is 3. The molecule has 3 nitrogen and oxygen atoms in total. The van der Waals surface area contributed by atoms with Gasteiger partial charge in [-0.1, -0.05) is 32.4 Å². The molecule has 2 rings (SSSR count). The topological polar surface area (TPSA) is 38.7 Å². The van der Waals surface area contributed by atoms with Crippen LogP contribution in [0.1, 0.15) is 37.9 Å². The van der Waals surface area contributed by atoms with Crippen molar-refractivity contribution in [3.8, 4) is 11.4 Å². The number of pyridine rings is 1. The van der Waals surface area contributed by atoms with E-state index in [0.717, 1.165) is 23.2 Å². The Bertz CT molecular complexity index is 552. The lowest BCUT2D eigenvalue weighted by atomic mass is 10.1. The van der Waals surface area contributed by atoms with Gasteiger partial charge in [-0.2, -0.15) is 0 Å². The van der Waals surface area contributed by atoms with Crippen LogP contribution in [0.25, 0.3) is 11.4 Å². The van der Waals surface area contributed by atoms with Crippen molar-refractivity contribution in [3.63, 3.8) is 0 Å². The maximum absolute atomic E-state index is 6.07. The molecule has 0 bridgehead atoms. The molecule has 0 atom stereocenters. The molecule has 0 N–H and O–H groups in total. The molecule has 0 radical (unpaired) electrons. The monoisotopic (exact) mass is 261 g/mol. The van der Waals surface area contributed by atoms with Crippen LogP contribution in [0.4, 0.5) is 0 Å². The van der Waals surface area contributed by atoms with E-state index < -0.39 is 0 Å². The number of rotatable bonds is 3. The van der Waals surface area contributed by atoms with Crippen LogP contribution in [0.5, 0.6) is 0 Å². The smallest absolute Gasteiger partial charge is 0.161 e. The minimum Gasteiger partial charge on any atom is -0.264 e. The maximum Gasteiger partial charge on any atom is 0.161 e. The van der Waals surface area contributed by atoms with Crippen LogP contribution in [-0.4, -0.2) is 15.0 Å². The molecule has 0 aliphatic rings. The van der Waals surface area contributed by atoms with Gasteiger partial charge in [-0.3, -0.25) is 4.98 Å². The molecule has 2 aromatic heterocycles. The van der Waals surface area contributed by atoms with E-state index in [1.807, 2.05) is 18.3 Å². The van der Waals surface area contributed by atoms with E-state index in [1.165, 1.54) is 0 Å². The molecule has 0 saturated heterocycles. The van der Waals surface area contributed by atoms with Crippen LogP contribution in [-0.2, 0) is 6.42 Å². The van der Waals surface area contributed by atoms with Crippen LogP contribution in [0.2, 0.25) is 5.15 Å². The van der Waals surface area contributed by atoms with E-state index in [-0.39, 0.29) is 0 Å². The molecule has 0 amide bonds. The number of aromatic nitrogens is 3. The van der Waals surface area contributed by atoms with Crippen molar-refractivity contribution >= 4 is 11.6 Å². The first-order chi connectivity index (χ1) is 8.61. The van der Waals surface area contributed by atoms with Gasteiger partial charge in [-0.25, -0.2) is 9.97 Å². The number of hydrogen-bond donors (Lipinski definition) is 0. The SMILES string of the molecule is CCc1cnccc1-c1nc(Cl)cc(C(C)C)n1. The quantitative estimate of drug-likeness (QED) is 0.787. The summed E-state index contributed by atoms with van der Waals surface area (Å²) in [5, 5.41) is 0.488. The van der Waals surface area contributed by atoms with E-state index in [4.69, 9.17) is 11.6 Å². The lowest BCUT2D eigenvalue weighted by Crippen LogP contribution is -2.00. The van der Waals surface area contributed by atoms with Gasteiger partial charge in [0.15, 0.2) is 5.82 Å². The van der Waals surface area contributed by atoms with Gasteiger partial charge < -0.3 is 0 Å². The molecule has 0 saturated carbocycles. The Balaban J connectivity index is 2.56. The summed E-state index contributed by atoms with van der Waals surface area (Å²) in [6, 6.07) is 3.76. The van der Waals surface area contributed by atoms with Gasteiger partial charge in [0.25, 0.3) is 0 Å². The highest BCUT2D eigenvalue weighted by atomic mass is 35.5. The predicted octanol–water partition coefficient (Wildman–Crippen LogP) is 3.88. The summed E-state index contributed by atoms with van der Waals surface area (Å²) < 4.78 is 0. The van der Waals surface area contributed by atoms with Gasteiger partial charge in [-0.05, 0) is 30.0 Å². The molecule has 94 valence electrons. The van der Waals surface area contributed by atoms with Crippen molar-refractivity contribution < 1.29 is 0 Å². The van der Waals surface area contributed by atoms with Crippen LogP contribution < -0.4 is 0 Å². The van der Waals surface area contributed by atoms with Crippen molar-refractivity contribution in [2.24, 2.45) is 0 Å². The third-order valence-corrected chi connectivity index (χ3v) is 3.03. The van der Waals surface area contributed by atoms with Gasteiger partial charge in [0.1, 0.15) is 5.15 Å². The van der Waals surface area contributed by atoms with Crippen LogP contribution in [0, 0.1) is 0 Å². The molecule has 0 fully saturated rings. The standard InChI is InChI=1S/C14H16ClN3/c1-4-10-8-16-6-5-11(10)14-17-12(9(2)3)7-13(15)18-14/h5-9H,4H2,1-3H3. The zero-order valence-corrected chi connectivity index (χ0v) is 11.6. The molecular formula is C14H16ClN3. The predicted molar refractivity (Wildman–Crippen MR) is 73.7 cm³/mol. The van der Waals surface area contributed by atoms with E-state index >= 15 is 0 Å². The zero-order valence-electron chi connectivity index (χ0n) is 10.8. The van der Waals surface area contributed by atoms with Crippen LogP contribution >= 0.6 is 11.6 Å². The van der Waals surface area contributed by atoms with Crippen molar-refractivity contribution in [3.05, 3.63) is 40.9 Å². The number of aryl methyl sites for hydroxylation is 1. The summed E-state index contributed by atoms with van der Waals surface area (Å²) in [6.45, 7) is 6.28. The summed E-state index contributed by atoms with van der Waals surface area (Å²) in [6.07, 6.45) is 4.51. The van der Waals surface area contributed by atoms with Gasteiger partial charge in [0.05, 0.1) is 0 Å². The second-order valence-electron chi connectivity index (χ2n) is 4.48. The first-order valence-corrected chi connectivity index (χ1v) is 6.47. The Morgan fingerprint density at radius 3 is 2.72 bits per heavy atom. The van der Waals surface area contributed by atoms with Crippen LogP contribution in [0.15, 0.2) is 24.5 Å². The molecule has 18 heavy (non-hydrogen) atoms. The summed E-state index contributed by atoms with van der Waals surface area (Å²) in [7, 11) is 0. The van der Waals surface area contributed by atoms with E-state index in [2.05, 4.69) is 35.7 Å². The third kappa shape index (κ3) is 2.67. The molecule has 4 heteroatoms. The minimum absolute atomic E-state index is 0.330. The van der Waals surface area contributed by atoms with Gasteiger partial charge in [-0.15, -0.1) is 0 Å². The maximum atomic E-state index is 6.07. The fourth-order valence-electron chi connectivity index (χ4n) is 1.78. The van der Waals surface area contributed by atoms with Crippen molar-refractivity contribution in [2.45, 2.75) is 33.1 Å². The molecule has 0 spiro atoms. The first kappa shape index (κ1) is 13.0. The average Bonchev–Trinajstić information content (AvgIpc) is 2.38. The van der Waals surface area contributed by atoms with Crippen molar-refractivity contribution in [1.29, 1.82) is 0 Å². The molecule has 0 aromatic carbocycles. The molecular weight excluding hydrogens is 246 g/mol. The Kier molecular flexibility index (Phi) is 3.92. The van der Waals surface area contributed by atoms with Gasteiger partial charge >= 0.3 is 0 Å². The highest BCUT2D eigenvalue weighted by Crippen LogP contribution is 2.24. The number of hydrogen-bond acceptors (Lipinski definition) is 3. The van der Waals surface area contributed by atoms with E-state index in [1.54, 1.807) is 6.20 Å². The third-order valence-electron chi connectivity index (χ3n) is 2.83. The molecule has 0 aliphatic carbocycles. The van der Waals surface area contributed by atoms with E-state index in [0.29, 0.717) is 16.9 Å². The lowest BCUT2D eigenvalue weighted by molar-refractivity contribution is 0.816. The largest absolute Gasteiger partial charge is 0.264 e. The van der Waals surface area contributed by atoms with Crippen LogP contribution in [0.3, 0.4) is 0 Å². The van der Waals surface area contributed by atoms with Crippen molar-refractivity contribution in [1.82, 2.24) is 15.0 Å². The Labute approximate surface area is 112 Å². The molecule has 0 unspecified atom stereocenters.